The largest absolute Gasteiger partial charge is 0.425 e. The highest BCUT2D eigenvalue weighted by molar-refractivity contribution is 7.89. The second-order valence-electron chi connectivity index (χ2n) is 8.43. The molecule has 2 N–H and O–H groups in total. The summed E-state index contributed by atoms with van der Waals surface area (Å²) < 4.78 is 39.5. The van der Waals surface area contributed by atoms with Crippen LogP contribution < -0.4 is 15.1 Å². The van der Waals surface area contributed by atoms with E-state index in [1.54, 1.807) is 36.5 Å². The summed E-state index contributed by atoms with van der Waals surface area (Å²) in [6, 6.07) is 20.2. The monoisotopic (exact) mass is 502 g/mol. The standard InChI is InChI=1S/C27H22N2O6S/c1-17-6-11-21(12-7-17)36(32,33)29-24(14-19-16-28-23-5-3-2-4-22(19)23)27(31)34-20-10-8-18-9-13-26(30)35-25(18)15-20/h2-13,15-16,24,28-29H,14H2,1H3. The molecule has 0 radical (unpaired) electrons. The molecule has 5 rings (SSSR count). The van der Waals surface area contributed by atoms with Gasteiger partial charge in [0.1, 0.15) is 17.4 Å². The fourth-order valence-electron chi connectivity index (χ4n) is 3.96. The Kier molecular flexibility index (Phi) is 6.17. The van der Waals surface area contributed by atoms with Crippen LogP contribution in [0.25, 0.3) is 21.9 Å². The van der Waals surface area contributed by atoms with Crippen LogP contribution in [0.5, 0.6) is 5.75 Å². The molecular formula is C27H22N2O6S. The van der Waals surface area contributed by atoms with Gasteiger partial charge in [-0.15, -0.1) is 0 Å². The average molecular weight is 503 g/mol. The van der Waals surface area contributed by atoms with Crippen LogP contribution in [0.4, 0.5) is 0 Å². The van der Waals surface area contributed by atoms with Crippen LogP contribution in [-0.2, 0) is 21.2 Å². The Balaban J connectivity index is 1.47. The van der Waals surface area contributed by atoms with Gasteiger partial charge in [-0.3, -0.25) is 0 Å². The van der Waals surface area contributed by atoms with Gasteiger partial charge < -0.3 is 14.1 Å². The maximum atomic E-state index is 13.3. The lowest BCUT2D eigenvalue weighted by Gasteiger charge is -2.18. The number of carbonyl (C=O) groups is 1. The van der Waals surface area contributed by atoms with Gasteiger partial charge >= 0.3 is 11.6 Å². The van der Waals surface area contributed by atoms with Crippen LogP contribution in [0.2, 0.25) is 0 Å². The molecule has 0 fully saturated rings. The number of carbonyl (C=O) groups excluding carboxylic acids is 1. The molecule has 2 heterocycles. The molecule has 0 spiro atoms. The van der Waals surface area contributed by atoms with Gasteiger partial charge in [-0.25, -0.2) is 18.0 Å². The molecule has 5 aromatic rings. The molecule has 2 aromatic heterocycles. The number of aromatic amines is 1. The molecule has 9 heteroatoms. The number of ether oxygens (including phenoxy) is 1. The van der Waals surface area contributed by atoms with Crippen molar-refractivity contribution in [1.82, 2.24) is 9.71 Å². The molecule has 1 unspecified atom stereocenters. The first-order chi connectivity index (χ1) is 17.3. The third-order valence-corrected chi connectivity index (χ3v) is 7.31. The molecule has 8 nitrogen and oxygen atoms in total. The lowest BCUT2D eigenvalue weighted by atomic mass is 10.1. The van der Waals surface area contributed by atoms with Crippen molar-refractivity contribution < 1.29 is 22.4 Å². The van der Waals surface area contributed by atoms with Gasteiger partial charge in [0, 0.05) is 41.0 Å². The highest BCUT2D eigenvalue weighted by Gasteiger charge is 2.29. The Morgan fingerprint density at radius 2 is 1.78 bits per heavy atom. The number of fused-ring (bicyclic) bond motifs is 2. The quantitative estimate of drug-likeness (QED) is 0.197. The third kappa shape index (κ3) is 4.93. The van der Waals surface area contributed by atoms with Crippen LogP contribution >= 0.6 is 0 Å². The highest BCUT2D eigenvalue weighted by Crippen LogP contribution is 2.23. The first-order valence-corrected chi connectivity index (χ1v) is 12.7. The number of para-hydroxylation sites is 1. The van der Waals surface area contributed by atoms with Crippen molar-refractivity contribution in [3.63, 3.8) is 0 Å². The Bertz CT molecular complexity index is 1740. The summed E-state index contributed by atoms with van der Waals surface area (Å²) in [4.78, 5) is 28.0. The lowest BCUT2D eigenvalue weighted by Crippen LogP contribution is -2.44. The van der Waals surface area contributed by atoms with E-state index in [0.29, 0.717) is 5.39 Å². The number of nitrogens with one attached hydrogen (secondary N) is 2. The zero-order chi connectivity index (χ0) is 25.3. The predicted molar refractivity (Wildman–Crippen MR) is 135 cm³/mol. The molecule has 0 aliphatic rings. The summed E-state index contributed by atoms with van der Waals surface area (Å²) >= 11 is 0. The summed E-state index contributed by atoms with van der Waals surface area (Å²) in [5, 5.41) is 1.53. The van der Waals surface area contributed by atoms with Gasteiger partial charge in [-0.2, -0.15) is 4.72 Å². The average Bonchev–Trinajstić information content (AvgIpc) is 3.26. The van der Waals surface area contributed by atoms with Gasteiger partial charge in [0.05, 0.1) is 4.90 Å². The molecule has 0 aliphatic carbocycles. The third-order valence-electron chi connectivity index (χ3n) is 5.83. The minimum Gasteiger partial charge on any atom is -0.425 e. The predicted octanol–water partition coefficient (Wildman–Crippen LogP) is 4.08. The first-order valence-electron chi connectivity index (χ1n) is 11.2. The fraction of sp³-hybridized carbons (Fsp3) is 0.111. The van der Waals surface area contributed by atoms with Crippen molar-refractivity contribution in [2.75, 3.05) is 0 Å². The van der Waals surface area contributed by atoms with E-state index in [9.17, 15) is 18.0 Å². The number of hydrogen-bond acceptors (Lipinski definition) is 6. The SMILES string of the molecule is Cc1ccc(S(=O)(=O)NC(Cc2c[nH]c3ccccc23)C(=O)Oc2ccc3ccc(=O)oc3c2)cc1. The smallest absolute Gasteiger partial charge is 0.336 e. The Morgan fingerprint density at radius 3 is 2.58 bits per heavy atom. The van der Waals surface area contributed by atoms with Crippen molar-refractivity contribution in [2.45, 2.75) is 24.3 Å². The molecule has 0 amide bonds. The molecular weight excluding hydrogens is 480 g/mol. The second kappa shape index (κ2) is 9.44. The number of esters is 1. The number of benzene rings is 3. The lowest BCUT2D eigenvalue weighted by molar-refractivity contribution is -0.136. The summed E-state index contributed by atoms with van der Waals surface area (Å²) in [6.07, 6.45) is 1.80. The molecule has 0 aliphatic heterocycles. The molecule has 36 heavy (non-hydrogen) atoms. The Hall–Kier alpha value is -4.21. The normalized spacial score (nSPS) is 12.6. The van der Waals surface area contributed by atoms with E-state index in [0.717, 1.165) is 22.0 Å². The Labute approximate surface area is 206 Å². The van der Waals surface area contributed by atoms with Crippen molar-refractivity contribution in [1.29, 1.82) is 0 Å². The molecule has 0 saturated carbocycles. The maximum Gasteiger partial charge on any atom is 0.336 e. The Morgan fingerprint density at radius 1 is 1.03 bits per heavy atom. The van der Waals surface area contributed by atoms with E-state index < -0.39 is 27.7 Å². The van der Waals surface area contributed by atoms with E-state index in [-0.39, 0.29) is 22.6 Å². The van der Waals surface area contributed by atoms with Crippen molar-refractivity contribution in [2.24, 2.45) is 0 Å². The minimum atomic E-state index is -4.03. The van der Waals surface area contributed by atoms with E-state index in [2.05, 4.69) is 9.71 Å². The van der Waals surface area contributed by atoms with Crippen LogP contribution in [0.3, 0.4) is 0 Å². The molecule has 3 aromatic carbocycles. The summed E-state index contributed by atoms with van der Waals surface area (Å²) in [6.45, 7) is 1.85. The van der Waals surface area contributed by atoms with Crippen molar-refractivity contribution in [3.8, 4) is 5.75 Å². The number of H-pyrrole nitrogens is 1. The van der Waals surface area contributed by atoms with Gasteiger partial charge in [0.15, 0.2) is 0 Å². The summed E-state index contributed by atoms with van der Waals surface area (Å²) in [7, 11) is -4.03. The van der Waals surface area contributed by atoms with Crippen LogP contribution in [0.1, 0.15) is 11.1 Å². The van der Waals surface area contributed by atoms with Gasteiger partial charge in [-0.1, -0.05) is 35.9 Å². The van der Waals surface area contributed by atoms with Gasteiger partial charge in [-0.05, 0) is 48.9 Å². The van der Waals surface area contributed by atoms with Crippen molar-refractivity contribution >= 4 is 37.9 Å². The van der Waals surface area contributed by atoms with Crippen LogP contribution in [0.15, 0.2) is 99.2 Å². The molecule has 1 atom stereocenters. The van der Waals surface area contributed by atoms with Crippen LogP contribution in [0, 0.1) is 6.92 Å². The minimum absolute atomic E-state index is 0.0392. The molecule has 0 saturated heterocycles. The number of aromatic nitrogens is 1. The maximum absolute atomic E-state index is 13.3. The first kappa shape index (κ1) is 23.5. The van der Waals surface area contributed by atoms with Gasteiger partial charge in [0.2, 0.25) is 10.0 Å². The zero-order valence-electron chi connectivity index (χ0n) is 19.2. The number of hydrogen-bond donors (Lipinski definition) is 2. The van der Waals surface area contributed by atoms with E-state index in [1.165, 1.54) is 24.3 Å². The number of sulfonamides is 1. The summed E-state index contributed by atoms with van der Waals surface area (Å²) in [5.41, 5.74) is 2.25. The molecule has 0 bridgehead atoms. The van der Waals surface area contributed by atoms with Crippen LogP contribution in [-0.4, -0.2) is 25.4 Å². The topological polar surface area (TPSA) is 118 Å². The zero-order valence-corrected chi connectivity index (χ0v) is 20.0. The number of rotatable bonds is 7. The molecule has 182 valence electrons. The van der Waals surface area contributed by atoms with Crippen molar-refractivity contribution in [3.05, 3.63) is 107 Å². The second-order valence-corrected chi connectivity index (χ2v) is 10.1. The van der Waals surface area contributed by atoms with Gasteiger partial charge in [0.25, 0.3) is 0 Å². The van der Waals surface area contributed by atoms with E-state index >= 15 is 0 Å². The number of aryl methyl sites for hydroxylation is 1. The van der Waals surface area contributed by atoms with E-state index in [4.69, 9.17) is 9.15 Å². The fourth-order valence-corrected chi connectivity index (χ4v) is 5.14. The highest BCUT2D eigenvalue weighted by atomic mass is 32.2. The van der Waals surface area contributed by atoms with E-state index in [1.807, 2.05) is 31.2 Å². The summed E-state index contributed by atoms with van der Waals surface area (Å²) in [5.74, 6) is -0.672.